The van der Waals surface area contributed by atoms with Gasteiger partial charge in [-0.1, -0.05) is 43.3 Å². The minimum Gasteiger partial charge on any atom is -0.454 e. The molecule has 2 N–H and O–H groups in total. The number of hydrogen-bond donors (Lipinski definition) is 2. The van der Waals surface area contributed by atoms with Crippen LogP contribution in [-0.2, 0) is 21.5 Å². The molecule has 3 aromatic rings. The SMILES string of the molecule is CCCC(=O)NCc1ccc(-c2cc(NC(=O)C3(c4ccc5c(c4)OCO5)CC3)ccc2C)cc1.[HH]. The Labute approximate surface area is 207 Å². The maximum atomic E-state index is 13.3. The topological polar surface area (TPSA) is 76.7 Å². The highest BCUT2D eigenvalue weighted by Crippen LogP contribution is 2.51. The average molecular weight is 473 g/mol. The Morgan fingerprint density at radius 2 is 1.74 bits per heavy atom. The fourth-order valence-electron chi connectivity index (χ4n) is 4.55. The molecule has 0 spiro atoms. The van der Waals surface area contributed by atoms with E-state index in [9.17, 15) is 9.59 Å². The zero-order chi connectivity index (χ0) is 24.4. The van der Waals surface area contributed by atoms with Crippen LogP contribution in [0.4, 0.5) is 5.69 Å². The molecule has 0 saturated heterocycles. The van der Waals surface area contributed by atoms with Gasteiger partial charge in [0.15, 0.2) is 11.5 Å². The van der Waals surface area contributed by atoms with Gasteiger partial charge in [-0.05, 0) is 78.3 Å². The van der Waals surface area contributed by atoms with Gasteiger partial charge in [0.1, 0.15) is 0 Å². The third-order valence-corrected chi connectivity index (χ3v) is 6.84. The second-order valence-electron chi connectivity index (χ2n) is 9.36. The summed E-state index contributed by atoms with van der Waals surface area (Å²) in [7, 11) is 0. The summed E-state index contributed by atoms with van der Waals surface area (Å²) in [6, 6.07) is 20.0. The summed E-state index contributed by atoms with van der Waals surface area (Å²) >= 11 is 0. The Bertz CT molecular complexity index is 1270. The lowest BCUT2D eigenvalue weighted by atomic mass is 9.94. The number of anilines is 1. The van der Waals surface area contributed by atoms with Crippen LogP contribution < -0.4 is 20.1 Å². The van der Waals surface area contributed by atoms with E-state index in [2.05, 4.69) is 29.7 Å². The van der Waals surface area contributed by atoms with E-state index in [0.717, 1.165) is 58.5 Å². The van der Waals surface area contributed by atoms with E-state index >= 15 is 0 Å². The molecule has 1 aliphatic carbocycles. The molecule has 6 heteroatoms. The van der Waals surface area contributed by atoms with Gasteiger partial charge in [-0.15, -0.1) is 0 Å². The number of carbonyl (C=O) groups excluding carboxylic acids is 2. The molecule has 0 radical (unpaired) electrons. The fraction of sp³-hybridized carbons (Fsp3) is 0.310. The van der Waals surface area contributed by atoms with Crippen LogP contribution >= 0.6 is 0 Å². The number of hydrogen-bond acceptors (Lipinski definition) is 4. The van der Waals surface area contributed by atoms with Gasteiger partial charge < -0.3 is 20.1 Å². The molecule has 0 atom stereocenters. The Hall–Kier alpha value is -3.80. The van der Waals surface area contributed by atoms with Crippen LogP contribution in [0, 0.1) is 6.92 Å². The summed E-state index contributed by atoms with van der Waals surface area (Å²) in [6.45, 7) is 4.80. The maximum absolute atomic E-state index is 13.3. The summed E-state index contributed by atoms with van der Waals surface area (Å²) in [5.74, 6) is 1.50. The first-order valence-corrected chi connectivity index (χ1v) is 12.2. The van der Waals surface area contributed by atoms with Crippen molar-refractivity contribution in [3.8, 4) is 22.6 Å². The Morgan fingerprint density at radius 3 is 2.49 bits per heavy atom. The molecule has 5 rings (SSSR count). The van der Waals surface area contributed by atoms with E-state index < -0.39 is 5.41 Å². The van der Waals surface area contributed by atoms with E-state index in [1.54, 1.807) is 0 Å². The van der Waals surface area contributed by atoms with Crippen molar-refractivity contribution in [2.45, 2.75) is 51.5 Å². The van der Waals surface area contributed by atoms with Crippen molar-refractivity contribution >= 4 is 17.5 Å². The second-order valence-corrected chi connectivity index (χ2v) is 9.36. The molecular weight excluding hydrogens is 440 g/mol. The number of carbonyl (C=O) groups is 2. The van der Waals surface area contributed by atoms with Gasteiger partial charge >= 0.3 is 0 Å². The predicted molar refractivity (Wildman–Crippen MR) is 138 cm³/mol. The number of fused-ring (bicyclic) bond motifs is 1. The van der Waals surface area contributed by atoms with Gasteiger partial charge in [-0.2, -0.15) is 0 Å². The van der Waals surface area contributed by atoms with Gasteiger partial charge in [-0.25, -0.2) is 0 Å². The van der Waals surface area contributed by atoms with Crippen molar-refractivity contribution in [2.75, 3.05) is 12.1 Å². The van der Waals surface area contributed by atoms with Crippen molar-refractivity contribution in [1.29, 1.82) is 0 Å². The molecule has 1 saturated carbocycles. The lowest BCUT2D eigenvalue weighted by molar-refractivity contribution is -0.121. The Morgan fingerprint density at radius 1 is 0.971 bits per heavy atom. The zero-order valence-electron chi connectivity index (χ0n) is 20.1. The van der Waals surface area contributed by atoms with Crippen LogP contribution in [0.3, 0.4) is 0 Å². The third kappa shape index (κ3) is 4.74. The standard InChI is InChI=1S/C29H30N2O4.H2/c1-3-4-27(32)30-17-20-6-8-21(9-7-20)24-16-23(11-5-19(24)2)31-28(33)29(13-14-29)22-10-12-25-26(15-22)35-18-34-25;/h5-12,15-16H,3-4,13-14,17-18H2,1-2H3,(H,30,32)(H,31,33);1H. The number of rotatable bonds is 8. The monoisotopic (exact) mass is 472 g/mol. The molecular formula is C29H32N2O4. The van der Waals surface area contributed by atoms with Crippen LogP contribution in [0.2, 0.25) is 0 Å². The zero-order valence-corrected chi connectivity index (χ0v) is 20.1. The van der Waals surface area contributed by atoms with Crippen molar-refractivity contribution < 1.29 is 20.5 Å². The molecule has 35 heavy (non-hydrogen) atoms. The third-order valence-electron chi connectivity index (χ3n) is 6.84. The minimum absolute atomic E-state index is 0. The second kappa shape index (κ2) is 9.45. The van der Waals surface area contributed by atoms with Crippen LogP contribution in [0.25, 0.3) is 11.1 Å². The molecule has 0 aromatic heterocycles. The summed E-state index contributed by atoms with van der Waals surface area (Å²) in [4.78, 5) is 25.1. The van der Waals surface area contributed by atoms with E-state index in [1.165, 1.54) is 0 Å². The van der Waals surface area contributed by atoms with Crippen LogP contribution in [-0.4, -0.2) is 18.6 Å². The van der Waals surface area contributed by atoms with E-state index in [4.69, 9.17) is 9.47 Å². The minimum atomic E-state index is -0.518. The number of amides is 2. The van der Waals surface area contributed by atoms with Crippen LogP contribution in [0.15, 0.2) is 60.7 Å². The lowest BCUT2D eigenvalue weighted by Crippen LogP contribution is -2.27. The summed E-state index contributed by atoms with van der Waals surface area (Å²) in [5.41, 5.74) is 5.54. The highest BCUT2D eigenvalue weighted by molar-refractivity contribution is 6.02. The van der Waals surface area contributed by atoms with E-state index in [0.29, 0.717) is 18.7 Å². The molecule has 3 aromatic carbocycles. The van der Waals surface area contributed by atoms with E-state index in [-0.39, 0.29) is 20.0 Å². The highest BCUT2D eigenvalue weighted by atomic mass is 16.7. The largest absolute Gasteiger partial charge is 0.454 e. The van der Waals surface area contributed by atoms with Crippen molar-refractivity contribution in [3.63, 3.8) is 0 Å². The smallest absolute Gasteiger partial charge is 0.235 e. The number of aryl methyl sites for hydroxylation is 1. The van der Waals surface area contributed by atoms with Crippen LogP contribution in [0.5, 0.6) is 11.5 Å². The first-order valence-electron chi connectivity index (χ1n) is 12.2. The van der Waals surface area contributed by atoms with Gasteiger partial charge in [-0.3, -0.25) is 9.59 Å². The van der Waals surface area contributed by atoms with Crippen molar-refractivity contribution in [3.05, 3.63) is 77.4 Å². The maximum Gasteiger partial charge on any atom is 0.235 e. The summed E-state index contributed by atoms with van der Waals surface area (Å²) in [5, 5.41) is 6.09. The molecule has 1 aliphatic heterocycles. The quantitative estimate of drug-likeness (QED) is 0.439. The molecule has 1 heterocycles. The fourth-order valence-corrected chi connectivity index (χ4v) is 4.55. The highest BCUT2D eigenvalue weighted by Gasteiger charge is 2.51. The predicted octanol–water partition coefficient (Wildman–Crippen LogP) is 5.72. The lowest BCUT2D eigenvalue weighted by Gasteiger charge is -2.17. The van der Waals surface area contributed by atoms with Gasteiger partial charge in [0, 0.05) is 20.1 Å². The molecule has 182 valence electrons. The summed E-state index contributed by atoms with van der Waals surface area (Å²) in [6.07, 6.45) is 3.02. The van der Waals surface area contributed by atoms with Gasteiger partial charge in [0.25, 0.3) is 0 Å². The first kappa shape index (κ1) is 23.0. The first-order chi connectivity index (χ1) is 17.0. The molecule has 1 fully saturated rings. The number of nitrogens with one attached hydrogen (secondary N) is 2. The molecule has 2 amide bonds. The normalized spacial score (nSPS) is 14.9. The van der Waals surface area contributed by atoms with E-state index in [1.807, 2.05) is 55.5 Å². The summed E-state index contributed by atoms with van der Waals surface area (Å²) < 4.78 is 10.9. The molecule has 0 unspecified atom stereocenters. The Balaban J connectivity index is 0.00000304. The Kier molecular flexibility index (Phi) is 6.20. The molecule has 6 nitrogen and oxygen atoms in total. The number of benzene rings is 3. The van der Waals surface area contributed by atoms with Gasteiger partial charge in [0.05, 0.1) is 5.41 Å². The van der Waals surface area contributed by atoms with Crippen LogP contribution in [0.1, 0.15) is 50.7 Å². The van der Waals surface area contributed by atoms with Crippen molar-refractivity contribution in [2.24, 2.45) is 0 Å². The average Bonchev–Trinajstić information content (AvgIpc) is 3.55. The van der Waals surface area contributed by atoms with Gasteiger partial charge in [0.2, 0.25) is 18.6 Å². The molecule has 2 aliphatic rings. The number of ether oxygens (including phenoxy) is 2. The van der Waals surface area contributed by atoms with Crippen molar-refractivity contribution in [1.82, 2.24) is 5.32 Å². The molecule has 0 bridgehead atoms.